The number of fused-ring (bicyclic) bond motifs is 1. The van der Waals surface area contributed by atoms with E-state index in [9.17, 15) is 4.79 Å². The van der Waals surface area contributed by atoms with E-state index >= 15 is 0 Å². The summed E-state index contributed by atoms with van der Waals surface area (Å²) in [6, 6.07) is 29.4. The van der Waals surface area contributed by atoms with Crippen molar-refractivity contribution in [2.75, 3.05) is 7.11 Å². The second-order valence-corrected chi connectivity index (χ2v) is 6.18. The maximum atomic E-state index is 11.7. The minimum Gasteiger partial charge on any atom is -0.465 e. The van der Waals surface area contributed by atoms with Crippen LogP contribution < -0.4 is 4.74 Å². The molecule has 0 bridgehead atoms. The van der Waals surface area contributed by atoms with E-state index in [1.807, 2.05) is 78.9 Å². The highest BCUT2D eigenvalue weighted by Gasteiger charge is 2.10. The number of methoxy groups -OCH3 is 1. The summed E-state index contributed by atoms with van der Waals surface area (Å²) in [6.45, 7) is 0. The van der Waals surface area contributed by atoms with Crippen molar-refractivity contribution in [3.8, 4) is 22.6 Å². The van der Waals surface area contributed by atoms with Gasteiger partial charge < -0.3 is 9.47 Å². The lowest BCUT2D eigenvalue weighted by Gasteiger charge is -2.12. The van der Waals surface area contributed by atoms with E-state index < -0.39 is 0 Å². The molecule has 0 aromatic heterocycles. The average Bonchev–Trinajstić information content (AvgIpc) is 2.73. The second-order valence-electron chi connectivity index (χ2n) is 6.18. The molecule has 27 heavy (non-hydrogen) atoms. The zero-order chi connectivity index (χ0) is 18.6. The maximum absolute atomic E-state index is 11.7. The third-order valence-corrected chi connectivity index (χ3v) is 4.43. The van der Waals surface area contributed by atoms with Crippen molar-refractivity contribution in [1.82, 2.24) is 0 Å². The molecule has 0 aliphatic rings. The molecular weight excluding hydrogens is 336 g/mol. The number of hydrogen-bond acceptors (Lipinski definition) is 3. The van der Waals surface area contributed by atoms with E-state index in [1.165, 1.54) is 7.11 Å². The lowest BCUT2D eigenvalue weighted by atomic mass is 9.99. The smallest absolute Gasteiger partial charge is 0.337 e. The van der Waals surface area contributed by atoms with Crippen LogP contribution in [0.1, 0.15) is 10.4 Å². The summed E-state index contributed by atoms with van der Waals surface area (Å²) in [5.74, 6) is 1.27. The van der Waals surface area contributed by atoms with Crippen molar-refractivity contribution >= 4 is 16.7 Å². The topological polar surface area (TPSA) is 35.5 Å². The molecule has 4 rings (SSSR count). The van der Waals surface area contributed by atoms with E-state index in [4.69, 9.17) is 9.47 Å². The zero-order valence-corrected chi connectivity index (χ0v) is 14.9. The Balaban J connectivity index is 1.73. The van der Waals surface area contributed by atoms with Crippen molar-refractivity contribution in [1.29, 1.82) is 0 Å². The van der Waals surface area contributed by atoms with Gasteiger partial charge in [0, 0.05) is 5.56 Å². The summed E-state index contributed by atoms with van der Waals surface area (Å²) in [7, 11) is 1.39. The first-order chi connectivity index (χ1) is 13.2. The Kier molecular flexibility index (Phi) is 4.58. The predicted molar refractivity (Wildman–Crippen MR) is 107 cm³/mol. The average molecular weight is 354 g/mol. The lowest BCUT2D eigenvalue weighted by Crippen LogP contribution is -2.00. The van der Waals surface area contributed by atoms with E-state index in [0.717, 1.165) is 33.4 Å². The Labute approximate surface area is 157 Å². The molecule has 0 aliphatic carbocycles. The predicted octanol–water partition coefficient (Wildman–Crippen LogP) is 6.09. The first-order valence-corrected chi connectivity index (χ1v) is 8.69. The van der Waals surface area contributed by atoms with Gasteiger partial charge in [-0.1, -0.05) is 54.6 Å². The van der Waals surface area contributed by atoms with Crippen LogP contribution >= 0.6 is 0 Å². The number of carbonyl (C=O) groups is 1. The fourth-order valence-corrected chi connectivity index (χ4v) is 3.07. The van der Waals surface area contributed by atoms with Gasteiger partial charge in [-0.05, 0) is 52.7 Å². The molecule has 0 heterocycles. The summed E-state index contributed by atoms with van der Waals surface area (Å²) < 4.78 is 10.9. The second kappa shape index (κ2) is 7.34. The summed E-state index contributed by atoms with van der Waals surface area (Å²) in [5, 5.41) is 2.04. The number of esters is 1. The Hall–Kier alpha value is -3.59. The van der Waals surface area contributed by atoms with Gasteiger partial charge in [0.05, 0.1) is 12.7 Å². The van der Waals surface area contributed by atoms with Crippen molar-refractivity contribution in [2.24, 2.45) is 0 Å². The van der Waals surface area contributed by atoms with Crippen LogP contribution in [-0.2, 0) is 4.74 Å². The molecule has 132 valence electrons. The normalized spacial score (nSPS) is 10.6. The highest BCUT2D eigenvalue weighted by atomic mass is 16.5. The molecule has 0 fully saturated rings. The minimum atomic E-state index is -0.331. The molecule has 4 aromatic carbocycles. The van der Waals surface area contributed by atoms with Gasteiger partial charge in [-0.2, -0.15) is 0 Å². The van der Waals surface area contributed by atoms with Crippen LogP contribution in [-0.4, -0.2) is 13.1 Å². The number of rotatable bonds is 4. The van der Waals surface area contributed by atoms with Crippen LogP contribution in [0.3, 0.4) is 0 Å². The van der Waals surface area contributed by atoms with Crippen LogP contribution in [0, 0.1) is 0 Å². The summed E-state index contributed by atoms with van der Waals surface area (Å²) in [5.41, 5.74) is 2.62. The number of para-hydroxylation sites is 2. The van der Waals surface area contributed by atoms with Crippen molar-refractivity contribution in [3.63, 3.8) is 0 Å². The lowest BCUT2D eigenvalue weighted by molar-refractivity contribution is 0.0601. The van der Waals surface area contributed by atoms with E-state index in [0.29, 0.717) is 5.56 Å². The molecule has 4 aromatic rings. The van der Waals surface area contributed by atoms with Gasteiger partial charge in [-0.15, -0.1) is 0 Å². The van der Waals surface area contributed by atoms with Gasteiger partial charge in [-0.25, -0.2) is 4.79 Å². The van der Waals surface area contributed by atoms with Gasteiger partial charge in [0.2, 0.25) is 0 Å². The largest absolute Gasteiger partial charge is 0.465 e. The molecule has 0 unspecified atom stereocenters. The Bertz CT molecular complexity index is 1100. The van der Waals surface area contributed by atoms with Crippen LogP contribution in [0.25, 0.3) is 21.9 Å². The molecule has 3 nitrogen and oxygen atoms in total. The number of hydrogen-bond donors (Lipinski definition) is 0. The quantitative estimate of drug-likeness (QED) is 0.416. The fraction of sp³-hybridized carbons (Fsp3) is 0.0417. The Morgan fingerprint density at radius 3 is 2.26 bits per heavy atom. The molecule has 0 aliphatic heterocycles. The molecule has 0 atom stereocenters. The van der Waals surface area contributed by atoms with E-state index in [1.54, 1.807) is 6.07 Å². The van der Waals surface area contributed by atoms with Crippen molar-refractivity contribution < 1.29 is 14.3 Å². The molecular formula is C24H18O3. The fourth-order valence-electron chi connectivity index (χ4n) is 3.07. The molecule has 0 amide bonds. The number of ether oxygens (including phenoxy) is 2. The highest BCUT2D eigenvalue weighted by molar-refractivity contribution is 5.96. The molecule has 3 heteroatoms. The number of carbonyl (C=O) groups excluding carboxylic acids is 1. The first-order valence-electron chi connectivity index (χ1n) is 8.69. The van der Waals surface area contributed by atoms with Crippen molar-refractivity contribution in [3.05, 3.63) is 96.6 Å². The Morgan fingerprint density at radius 1 is 0.741 bits per heavy atom. The third kappa shape index (κ3) is 3.53. The van der Waals surface area contributed by atoms with Crippen LogP contribution in [0.15, 0.2) is 91.0 Å². The molecule has 0 N–H and O–H groups in total. The third-order valence-electron chi connectivity index (χ3n) is 4.43. The van der Waals surface area contributed by atoms with Gasteiger partial charge in [0.1, 0.15) is 11.5 Å². The molecule has 0 saturated carbocycles. The molecule has 0 radical (unpaired) electrons. The minimum absolute atomic E-state index is 0.331. The van der Waals surface area contributed by atoms with Gasteiger partial charge >= 0.3 is 5.97 Å². The molecule has 0 saturated heterocycles. The van der Waals surface area contributed by atoms with E-state index in [-0.39, 0.29) is 5.97 Å². The first kappa shape index (κ1) is 16.9. The summed E-state index contributed by atoms with van der Waals surface area (Å²) >= 11 is 0. The van der Waals surface area contributed by atoms with E-state index in [2.05, 4.69) is 6.07 Å². The van der Waals surface area contributed by atoms with Crippen LogP contribution in [0.5, 0.6) is 11.5 Å². The van der Waals surface area contributed by atoms with Gasteiger partial charge in [0.25, 0.3) is 0 Å². The van der Waals surface area contributed by atoms with Gasteiger partial charge in [0.15, 0.2) is 0 Å². The monoisotopic (exact) mass is 354 g/mol. The number of benzene rings is 4. The summed E-state index contributed by atoms with van der Waals surface area (Å²) in [6.07, 6.45) is 0. The zero-order valence-electron chi connectivity index (χ0n) is 14.9. The summed E-state index contributed by atoms with van der Waals surface area (Å²) in [4.78, 5) is 11.7. The van der Waals surface area contributed by atoms with Crippen LogP contribution in [0.4, 0.5) is 0 Å². The van der Waals surface area contributed by atoms with Gasteiger partial charge in [-0.3, -0.25) is 0 Å². The van der Waals surface area contributed by atoms with Crippen LogP contribution in [0.2, 0.25) is 0 Å². The maximum Gasteiger partial charge on any atom is 0.337 e. The molecule has 0 spiro atoms. The highest BCUT2D eigenvalue weighted by Crippen LogP contribution is 2.34. The Morgan fingerprint density at radius 2 is 1.44 bits per heavy atom. The van der Waals surface area contributed by atoms with Crippen molar-refractivity contribution in [2.45, 2.75) is 0 Å². The SMILES string of the molecule is COC(=O)c1ccc2cc(-c3ccccc3Oc3ccccc3)ccc2c1. The standard InChI is InChI=1S/C24H18O3/c1-26-24(25)20-14-12-17-15-19(13-11-18(17)16-20)22-9-5-6-10-23(22)27-21-7-3-2-4-8-21/h2-16H,1H3.